The summed E-state index contributed by atoms with van der Waals surface area (Å²) in [5.74, 6) is 0.946. The highest BCUT2D eigenvalue weighted by Gasteiger charge is 2.41. The molecule has 2 aromatic heterocycles. The number of imidazole rings is 1. The van der Waals surface area contributed by atoms with Crippen molar-refractivity contribution in [2.45, 2.75) is 25.1 Å². The third kappa shape index (κ3) is 5.07. The van der Waals surface area contributed by atoms with Crippen LogP contribution in [0.3, 0.4) is 0 Å². The first-order valence-corrected chi connectivity index (χ1v) is 11.1. The number of rotatable bonds is 5. The molecule has 32 heavy (non-hydrogen) atoms. The van der Waals surface area contributed by atoms with Crippen molar-refractivity contribution in [1.29, 1.82) is 0 Å². The second kappa shape index (κ2) is 10.6. The molecule has 0 spiro atoms. The Labute approximate surface area is 206 Å². The van der Waals surface area contributed by atoms with E-state index in [0.717, 1.165) is 63.1 Å². The van der Waals surface area contributed by atoms with E-state index in [1.54, 1.807) is 0 Å². The molecular formula is C24H31IN6O. The van der Waals surface area contributed by atoms with Crippen LogP contribution in [0.2, 0.25) is 0 Å². The van der Waals surface area contributed by atoms with Gasteiger partial charge in [-0.05, 0) is 17.7 Å². The Hall–Kier alpha value is -2.17. The van der Waals surface area contributed by atoms with Crippen molar-refractivity contribution in [2.75, 3.05) is 39.8 Å². The number of benzene rings is 1. The molecule has 2 aliphatic rings. The van der Waals surface area contributed by atoms with Crippen molar-refractivity contribution in [2.24, 2.45) is 4.99 Å². The fourth-order valence-electron chi connectivity index (χ4n) is 4.69. The van der Waals surface area contributed by atoms with Gasteiger partial charge in [0.15, 0.2) is 5.96 Å². The normalized spacial score (nSPS) is 21.4. The Morgan fingerprint density at radius 3 is 2.81 bits per heavy atom. The predicted molar refractivity (Wildman–Crippen MR) is 138 cm³/mol. The topological polar surface area (TPSA) is 57.4 Å². The van der Waals surface area contributed by atoms with Gasteiger partial charge in [0.25, 0.3) is 0 Å². The van der Waals surface area contributed by atoms with E-state index in [1.165, 1.54) is 5.56 Å². The smallest absolute Gasteiger partial charge is 0.193 e. The van der Waals surface area contributed by atoms with Crippen molar-refractivity contribution in [1.82, 2.24) is 24.5 Å². The quantitative estimate of drug-likeness (QED) is 0.303. The molecule has 0 radical (unpaired) electrons. The maximum atomic E-state index is 6.12. The molecule has 3 aromatic rings. The van der Waals surface area contributed by atoms with Crippen LogP contribution in [0.15, 0.2) is 65.9 Å². The maximum Gasteiger partial charge on any atom is 0.193 e. The minimum Gasteiger partial charge on any atom is -0.373 e. The molecule has 2 fully saturated rings. The highest BCUT2D eigenvalue weighted by atomic mass is 127. The van der Waals surface area contributed by atoms with Crippen LogP contribution in [-0.2, 0) is 17.7 Å². The summed E-state index contributed by atoms with van der Waals surface area (Å²) in [7, 11) is 1.86. The van der Waals surface area contributed by atoms with Crippen LogP contribution >= 0.6 is 24.0 Å². The zero-order valence-corrected chi connectivity index (χ0v) is 20.8. The lowest BCUT2D eigenvalue weighted by Gasteiger charge is -2.36. The Kier molecular flexibility index (Phi) is 7.64. The standard InChI is InChI=1S/C24H30N6O.HI/c1-25-24(26-11-10-20-16-29-12-6-5-9-23(29)27-20)30-17-21-22(18-30)31-14-13-28(21)15-19-7-3-2-4-8-19;/h2-9,12,16,21-22H,10-11,13-15,17-18H2,1H3,(H,25,26);1H. The van der Waals surface area contributed by atoms with Crippen LogP contribution in [0, 0.1) is 0 Å². The van der Waals surface area contributed by atoms with Gasteiger partial charge in [0.05, 0.1) is 24.4 Å². The van der Waals surface area contributed by atoms with E-state index in [0.29, 0.717) is 6.04 Å². The molecule has 0 saturated carbocycles. The number of pyridine rings is 1. The Bertz CT molecular complexity index is 1010. The molecule has 1 aromatic carbocycles. The zero-order valence-electron chi connectivity index (χ0n) is 18.4. The van der Waals surface area contributed by atoms with Gasteiger partial charge in [0.2, 0.25) is 0 Å². The van der Waals surface area contributed by atoms with Crippen LogP contribution in [0.5, 0.6) is 0 Å². The van der Waals surface area contributed by atoms with E-state index < -0.39 is 0 Å². The first-order chi connectivity index (χ1) is 15.3. The van der Waals surface area contributed by atoms with Gasteiger partial charge in [0.1, 0.15) is 5.65 Å². The fourth-order valence-corrected chi connectivity index (χ4v) is 4.69. The summed E-state index contributed by atoms with van der Waals surface area (Å²) >= 11 is 0. The van der Waals surface area contributed by atoms with Gasteiger partial charge in [-0.25, -0.2) is 4.98 Å². The number of aromatic nitrogens is 2. The molecular weight excluding hydrogens is 515 g/mol. The van der Waals surface area contributed by atoms with E-state index in [9.17, 15) is 0 Å². The lowest BCUT2D eigenvalue weighted by molar-refractivity contribution is -0.0502. The average Bonchev–Trinajstić information content (AvgIpc) is 3.42. The Morgan fingerprint density at radius 2 is 2.00 bits per heavy atom. The monoisotopic (exact) mass is 546 g/mol. The number of hydrogen-bond acceptors (Lipinski definition) is 4. The Balaban J connectivity index is 0.00000245. The van der Waals surface area contributed by atoms with E-state index in [1.807, 2.05) is 31.4 Å². The number of hydrogen-bond donors (Lipinski definition) is 1. The maximum absolute atomic E-state index is 6.12. The predicted octanol–water partition coefficient (Wildman–Crippen LogP) is 2.66. The third-order valence-electron chi connectivity index (χ3n) is 6.23. The zero-order chi connectivity index (χ0) is 21.0. The first kappa shape index (κ1) is 23.0. The van der Waals surface area contributed by atoms with Gasteiger partial charge in [0, 0.05) is 58.6 Å². The minimum absolute atomic E-state index is 0. The molecule has 2 aliphatic heterocycles. The van der Waals surface area contributed by atoms with Gasteiger partial charge in [-0.2, -0.15) is 0 Å². The van der Waals surface area contributed by atoms with Crippen LogP contribution < -0.4 is 5.32 Å². The fraction of sp³-hybridized carbons (Fsp3) is 0.417. The molecule has 2 atom stereocenters. The van der Waals surface area contributed by atoms with E-state index in [-0.39, 0.29) is 30.1 Å². The number of nitrogens with one attached hydrogen (secondary N) is 1. The highest BCUT2D eigenvalue weighted by molar-refractivity contribution is 14.0. The molecule has 7 nitrogen and oxygen atoms in total. The third-order valence-corrected chi connectivity index (χ3v) is 6.23. The summed E-state index contributed by atoms with van der Waals surface area (Å²) in [6.45, 7) is 5.36. The number of fused-ring (bicyclic) bond motifs is 2. The second-order valence-corrected chi connectivity index (χ2v) is 8.26. The van der Waals surface area contributed by atoms with Crippen molar-refractivity contribution < 1.29 is 4.74 Å². The van der Waals surface area contributed by atoms with Crippen LogP contribution in [0.1, 0.15) is 11.3 Å². The second-order valence-electron chi connectivity index (χ2n) is 8.26. The molecule has 170 valence electrons. The molecule has 5 rings (SSSR count). The molecule has 0 amide bonds. The molecule has 0 aliphatic carbocycles. The molecule has 1 N–H and O–H groups in total. The summed E-state index contributed by atoms with van der Waals surface area (Å²) < 4.78 is 8.19. The summed E-state index contributed by atoms with van der Waals surface area (Å²) in [5.41, 5.74) is 3.43. The largest absolute Gasteiger partial charge is 0.373 e. The molecule has 8 heteroatoms. The van der Waals surface area contributed by atoms with Crippen molar-refractivity contribution in [3.63, 3.8) is 0 Å². The number of ether oxygens (including phenoxy) is 1. The summed E-state index contributed by atoms with van der Waals surface area (Å²) in [6.07, 6.45) is 5.22. The van der Waals surface area contributed by atoms with Crippen LogP contribution in [0.4, 0.5) is 0 Å². The molecule has 4 heterocycles. The van der Waals surface area contributed by atoms with Gasteiger partial charge in [-0.15, -0.1) is 24.0 Å². The van der Waals surface area contributed by atoms with Crippen LogP contribution in [-0.4, -0.2) is 77.1 Å². The molecule has 2 unspecified atom stereocenters. The highest BCUT2D eigenvalue weighted by Crippen LogP contribution is 2.24. The first-order valence-electron chi connectivity index (χ1n) is 11.1. The van der Waals surface area contributed by atoms with Gasteiger partial charge >= 0.3 is 0 Å². The van der Waals surface area contributed by atoms with Crippen molar-refractivity contribution >= 4 is 35.6 Å². The van der Waals surface area contributed by atoms with Crippen LogP contribution in [0.25, 0.3) is 5.65 Å². The number of aliphatic imine (C=N–C) groups is 1. The van der Waals surface area contributed by atoms with Gasteiger partial charge < -0.3 is 19.4 Å². The lowest BCUT2D eigenvalue weighted by atomic mass is 10.1. The summed E-state index contributed by atoms with van der Waals surface area (Å²) in [6, 6.07) is 17.2. The number of nitrogens with zero attached hydrogens (tertiary/aromatic N) is 5. The molecule has 2 saturated heterocycles. The lowest BCUT2D eigenvalue weighted by Crippen LogP contribution is -2.50. The van der Waals surface area contributed by atoms with Crippen molar-refractivity contribution in [3.05, 3.63) is 72.2 Å². The SMILES string of the molecule is CN=C(NCCc1cn2ccccc2n1)N1CC2OCCN(Cc3ccccc3)C2C1.I. The number of halogens is 1. The summed E-state index contributed by atoms with van der Waals surface area (Å²) in [5, 5.41) is 3.53. The van der Waals surface area contributed by atoms with E-state index in [4.69, 9.17) is 4.74 Å². The minimum atomic E-state index is 0. The van der Waals surface area contributed by atoms with Gasteiger partial charge in [-0.3, -0.25) is 9.89 Å². The Morgan fingerprint density at radius 1 is 1.16 bits per heavy atom. The van der Waals surface area contributed by atoms with Gasteiger partial charge in [-0.1, -0.05) is 36.4 Å². The molecule has 0 bridgehead atoms. The van der Waals surface area contributed by atoms with E-state index >= 15 is 0 Å². The average molecular weight is 546 g/mol. The summed E-state index contributed by atoms with van der Waals surface area (Å²) in [4.78, 5) is 14.1. The number of guanidine groups is 1. The van der Waals surface area contributed by atoms with E-state index in [2.05, 4.69) is 66.0 Å². The van der Waals surface area contributed by atoms with Crippen molar-refractivity contribution in [3.8, 4) is 0 Å². The number of likely N-dealkylation sites (tertiary alicyclic amines) is 1. The number of morpholine rings is 1.